The van der Waals surface area contributed by atoms with E-state index in [-0.39, 0.29) is 12.3 Å². The lowest BCUT2D eigenvalue weighted by Gasteiger charge is -2.11. The summed E-state index contributed by atoms with van der Waals surface area (Å²) in [5, 5.41) is 7.15. The number of nitrogens with one attached hydrogen (secondary N) is 2. The van der Waals surface area contributed by atoms with E-state index < -0.39 is 17.6 Å². The second-order valence-electron chi connectivity index (χ2n) is 6.37. The molecule has 3 aromatic carbocycles. The third kappa shape index (κ3) is 6.78. The minimum atomic E-state index is -0.990. The lowest BCUT2D eigenvalue weighted by molar-refractivity contribution is -0.136. The van der Waals surface area contributed by atoms with Gasteiger partial charge in [-0.15, -0.1) is 0 Å². The Morgan fingerprint density at radius 2 is 1.78 bits per heavy atom. The fraction of sp³-hybridized carbons (Fsp3) is 0.0455. The average molecular weight is 539 g/mol. The third-order valence-electron chi connectivity index (χ3n) is 4.05. The van der Waals surface area contributed by atoms with Gasteiger partial charge in [-0.2, -0.15) is 5.10 Å². The van der Waals surface area contributed by atoms with E-state index in [0.29, 0.717) is 21.4 Å². The van der Waals surface area contributed by atoms with Gasteiger partial charge in [0.2, 0.25) is 0 Å². The van der Waals surface area contributed by atoms with Crippen LogP contribution in [0.2, 0.25) is 10.0 Å². The van der Waals surface area contributed by atoms with Gasteiger partial charge in [-0.25, -0.2) is 9.82 Å². The molecule has 32 heavy (non-hydrogen) atoms. The summed E-state index contributed by atoms with van der Waals surface area (Å²) >= 11 is 15.4. The van der Waals surface area contributed by atoms with Gasteiger partial charge in [0.1, 0.15) is 18.2 Å². The lowest BCUT2D eigenvalue weighted by Crippen LogP contribution is -2.32. The highest BCUT2D eigenvalue weighted by Crippen LogP contribution is 2.25. The molecule has 0 bridgehead atoms. The maximum absolute atomic E-state index is 12.9. The Bertz CT molecular complexity index is 1170. The van der Waals surface area contributed by atoms with Gasteiger partial charge in [-0.3, -0.25) is 9.59 Å². The summed E-state index contributed by atoms with van der Waals surface area (Å²) in [6.07, 6.45) is 1.34. The molecule has 6 nitrogen and oxygen atoms in total. The molecule has 0 atom stereocenters. The fourth-order valence-corrected chi connectivity index (χ4v) is 3.32. The van der Waals surface area contributed by atoms with Crippen LogP contribution in [0.5, 0.6) is 5.75 Å². The van der Waals surface area contributed by atoms with Gasteiger partial charge >= 0.3 is 11.8 Å². The first kappa shape index (κ1) is 23.7. The molecule has 0 radical (unpaired) electrons. The van der Waals surface area contributed by atoms with Crippen molar-refractivity contribution in [3.05, 3.63) is 92.1 Å². The summed E-state index contributed by atoms with van der Waals surface area (Å²) < 4.78 is 19.5. The molecule has 0 saturated heterocycles. The van der Waals surface area contributed by atoms with Gasteiger partial charge < -0.3 is 10.1 Å². The van der Waals surface area contributed by atoms with E-state index in [4.69, 9.17) is 27.9 Å². The summed E-state index contributed by atoms with van der Waals surface area (Å²) in [5.74, 6) is -1.91. The number of amides is 2. The molecule has 0 aliphatic carbocycles. The van der Waals surface area contributed by atoms with Crippen molar-refractivity contribution < 1.29 is 18.7 Å². The number of halogens is 4. The average Bonchev–Trinajstić information content (AvgIpc) is 2.75. The van der Waals surface area contributed by atoms with Crippen LogP contribution in [-0.2, 0) is 16.2 Å². The minimum Gasteiger partial charge on any atom is -0.488 e. The monoisotopic (exact) mass is 537 g/mol. The van der Waals surface area contributed by atoms with Crippen LogP contribution < -0.4 is 15.5 Å². The van der Waals surface area contributed by atoms with Crippen LogP contribution in [0.15, 0.2) is 70.2 Å². The van der Waals surface area contributed by atoms with E-state index >= 15 is 0 Å². The molecule has 3 rings (SSSR count). The van der Waals surface area contributed by atoms with Gasteiger partial charge in [-0.05, 0) is 54.6 Å². The van der Waals surface area contributed by atoms with Crippen molar-refractivity contribution in [1.29, 1.82) is 0 Å². The third-order valence-corrected chi connectivity index (χ3v) is 5.13. The Morgan fingerprint density at radius 3 is 2.50 bits per heavy atom. The van der Waals surface area contributed by atoms with Crippen LogP contribution in [0, 0.1) is 5.82 Å². The van der Waals surface area contributed by atoms with Crippen LogP contribution >= 0.6 is 39.1 Å². The Hall–Kier alpha value is -2.94. The zero-order chi connectivity index (χ0) is 23.1. The van der Waals surface area contributed by atoms with Crippen molar-refractivity contribution in [2.75, 3.05) is 5.32 Å². The summed E-state index contributed by atoms with van der Waals surface area (Å²) in [5.41, 5.74) is 3.70. The standard InChI is InChI=1S/C22H15BrCl2FN3O3/c23-15-2-8-20(32-12-13-1-3-16(24)10-19(13)25)14(9-15)11-27-29-22(31)21(30)28-18-6-4-17(26)5-7-18/h1-11H,12H2,(H,28,30)(H,29,31)/b27-11-. The van der Waals surface area contributed by atoms with Crippen molar-refractivity contribution in [1.82, 2.24) is 5.43 Å². The first-order valence-electron chi connectivity index (χ1n) is 9.08. The number of ether oxygens (including phenoxy) is 1. The highest BCUT2D eigenvalue weighted by atomic mass is 79.9. The molecule has 0 aliphatic rings. The van der Waals surface area contributed by atoms with Gasteiger partial charge in [0, 0.05) is 31.3 Å². The molecule has 0 aliphatic heterocycles. The molecule has 0 saturated carbocycles. The summed E-state index contributed by atoms with van der Waals surface area (Å²) in [6, 6.07) is 15.3. The Kier molecular flexibility index (Phi) is 8.21. The van der Waals surface area contributed by atoms with Crippen molar-refractivity contribution in [2.24, 2.45) is 5.10 Å². The number of rotatable bonds is 6. The molecule has 10 heteroatoms. The molecule has 2 N–H and O–H groups in total. The highest BCUT2D eigenvalue weighted by Gasteiger charge is 2.13. The SMILES string of the molecule is O=C(N/N=C\c1cc(Br)ccc1OCc1ccc(Cl)cc1Cl)C(=O)Nc1ccc(F)cc1. The van der Waals surface area contributed by atoms with Crippen LogP contribution in [0.4, 0.5) is 10.1 Å². The Balaban J connectivity index is 1.63. The number of carbonyl (C=O) groups is 2. The zero-order valence-corrected chi connectivity index (χ0v) is 19.3. The van der Waals surface area contributed by atoms with Gasteiger partial charge in [-0.1, -0.05) is 45.2 Å². The quantitative estimate of drug-likeness (QED) is 0.245. The van der Waals surface area contributed by atoms with Crippen molar-refractivity contribution >= 4 is 62.8 Å². The normalized spacial score (nSPS) is 10.8. The predicted molar refractivity (Wildman–Crippen MR) is 126 cm³/mol. The molecule has 164 valence electrons. The first-order valence-corrected chi connectivity index (χ1v) is 10.6. The molecule has 0 fully saturated rings. The number of hydrogen-bond acceptors (Lipinski definition) is 4. The van der Waals surface area contributed by atoms with Crippen molar-refractivity contribution in [3.8, 4) is 5.75 Å². The Labute approximate surface area is 201 Å². The largest absolute Gasteiger partial charge is 0.488 e. The number of nitrogens with zero attached hydrogens (tertiary/aromatic N) is 1. The van der Waals surface area contributed by atoms with Gasteiger partial charge in [0.05, 0.1) is 6.21 Å². The second-order valence-corrected chi connectivity index (χ2v) is 8.13. The summed E-state index contributed by atoms with van der Waals surface area (Å²) in [6.45, 7) is 0.185. The maximum atomic E-state index is 12.9. The summed E-state index contributed by atoms with van der Waals surface area (Å²) in [7, 11) is 0. The van der Waals surface area contributed by atoms with E-state index in [2.05, 4.69) is 31.8 Å². The van der Waals surface area contributed by atoms with Crippen molar-refractivity contribution in [3.63, 3.8) is 0 Å². The minimum absolute atomic E-state index is 0.185. The number of hydrazone groups is 1. The molecule has 0 aromatic heterocycles. The smallest absolute Gasteiger partial charge is 0.329 e. The molecule has 3 aromatic rings. The zero-order valence-electron chi connectivity index (χ0n) is 16.2. The van der Waals surface area contributed by atoms with E-state index in [9.17, 15) is 14.0 Å². The molecular formula is C22H15BrCl2FN3O3. The fourth-order valence-electron chi connectivity index (χ4n) is 2.48. The van der Waals surface area contributed by atoms with Crippen LogP contribution in [-0.4, -0.2) is 18.0 Å². The topological polar surface area (TPSA) is 79.8 Å². The van der Waals surface area contributed by atoms with Gasteiger partial charge in [0.25, 0.3) is 0 Å². The molecular weight excluding hydrogens is 524 g/mol. The predicted octanol–water partition coefficient (Wildman–Crippen LogP) is 5.56. The molecule has 0 spiro atoms. The van der Waals surface area contributed by atoms with Gasteiger partial charge in [0.15, 0.2) is 0 Å². The number of anilines is 1. The molecule has 2 amide bonds. The number of benzene rings is 3. The number of hydrogen-bond donors (Lipinski definition) is 2. The van der Waals surface area contributed by atoms with Crippen LogP contribution in [0.25, 0.3) is 0 Å². The summed E-state index contributed by atoms with van der Waals surface area (Å²) in [4.78, 5) is 23.9. The molecule has 0 unspecified atom stereocenters. The first-order chi connectivity index (χ1) is 15.3. The van der Waals surface area contributed by atoms with E-state index in [1.165, 1.54) is 18.3 Å². The van der Waals surface area contributed by atoms with E-state index in [0.717, 1.165) is 22.2 Å². The maximum Gasteiger partial charge on any atom is 0.329 e. The lowest BCUT2D eigenvalue weighted by atomic mass is 10.2. The van der Waals surface area contributed by atoms with Crippen LogP contribution in [0.3, 0.4) is 0 Å². The van der Waals surface area contributed by atoms with E-state index in [1.54, 1.807) is 36.4 Å². The van der Waals surface area contributed by atoms with E-state index in [1.807, 2.05) is 0 Å². The van der Waals surface area contributed by atoms with Crippen LogP contribution in [0.1, 0.15) is 11.1 Å². The number of carbonyl (C=O) groups excluding carboxylic acids is 2. The Morgan fingerprint density at radius 1 is 1.03 bits per heavy atom. The highest BCUT2D eigenvalue weighted by molar-refractivity contribution is 9.10. The second kappa shape index (κ2) is 11.1. The molecule has 0 heterocycles. The van der Waals surface area contributed by atoms with Crippen molar-refractivity contribution in [2.45, 2.75) is 6.61 Å².